The van der Waals surface area contributed by atoms with Gasteiger partial charge in [0.25, 0.3) is 0 Å². The first-order valence-electron chi connectivity index (χ1n) is 10.7. The maximum absolute atomic E-state index is 12.7. The van der Waals surface area contributed by atoms with Crippen LogP contribution in [0.15, 0.2) is 0 Å². The normalized spacial score (nSPS) is 22.9. The van der Waals surface area contributed by atoms with E-state index >= 15 is 0 Å². The van der Waals surface area contributed by atoms with Crippen LogP contribution in [0.3, 0.4) is 0 Å². The number of hydrogen-bond acceptors (Lipinski definition) is 6. The van der Waals surface area contributed by atoms with Gasteiger partial charge in [0.2, 0.25) is 23.6 Å². The highest BCUT2D eigenvalue weighted by Crippen LogP contribution is 2.20. The zero-order valence-electron chi connectivity index (χ0n) is 18.3. The molecule has 2 saturated heterocycles. The number of amides is 4. The molecule has 4 amide bonds. The lowest BCUT2D eigenvalue weighted by Gasteiger charge is -2.28. The number of likely N-dealkylation sites (tertiary alicyclic amines) is 2. The van der Waals surface area contributed by atoms with E-state index in [-0.39, 0.29) is 18.4 Å². The molecule has 0 aromatic heterocycles. The van der Waals surface area contributed by atoms with Gasteiger partial charge in [0, 0.05) is 13.1 Å². The van der Waals surface area contributed by atoms with Gasteiger partial charge in [-0.05, 0) is 38.5 Å². The van der Waals surface area contributed by atoms with Crippen molar-refractivity contribution in [2.75, 3.05) is 19.6 Å². The van der Waals surface area contributed by atoms with E-state index in [2.05, 4.69) is 10.6 Å². The molecule has 0 aromatic carbocycles. The molecule has 31 heavy (non-hydrogen) atoms. The van der Waals surface area contributed by atoms with E-state index in [0.29, 0.717) is 38.8 Å². The van der Waals surface area contributed by atoms with Crippen LogP contribution in [0.25, 0.3) is 0 Å². The van der Waals surface area contributed by atoms with E-state index in [1.165, 1.54) is 16.7 Å². The molecule has 2 aliphatic heterocycles. The molecule has 0 unspecified atom stereocenters. The van der Waals surface area contributed by atoms with Crippen LogP contribution in [0.1, 0.15) is 46.5 Å². The summed E-state index contributed by atoms with van der Waals surface area (Å²) in [6, 6.07) is -3.18. The van der Waals surface area contributed by atoms with Gasteiger partial charge in [-0.15, -0.1) is 0 Å². The van der Waals surface area contributed by atoms with E-state index in [0.717, 1.165) is 0 Å². The predicted molar refractivity (Wildman–Crippen MR) is 111 cm³/mol. The lowest BCUT2D eigenvalue weighted by atomic mass is 10.0. The van der Waals surface area contributed by atoms with E-state index in [4.69, 9.17) is 10.8 Å². The quantitative estimate of drug-likeness (QED) is 0.364. The average molecular weight is 440 g/mol. The fourth-order valence-corrected chi connectivity index (χ4v) is 3.89. The summed E-state index contributed by atoms with van der Waals surface area (Å²) in [6.07, 6.45) is 2.14. The largest absolute Gasteiger partial charge is 0.480 e. The molecule has 0 aromatic rings. The van der Waals surface area contributed by atoms with Crippen LogP contribution in [-0.4, -0.2) is 88.3 Å². The molecule has 0 saturated carbocycles. The Morgan fingerprint density at radius 1 is 1.00 bits per heavy atom. The van der Waals surface area contributed by atoms with Crippen molar-refractivity contribution in [2.24, 2.45) is 11.7 Å². The molecule has 11 heteroatoms. The Balaban J connectivity index is 1.86. The lowest BCUT2D eigenvalue weighted by molar-refractivity contribution is -0.148. The molecule has 0 bridgehead atoms. The molecule has 2 heterocycles. The third-order valence-electron chi connectivity index (χ3n) is 5.87. The van der Waals surface area contributed by atoms with Gasteiger partial charge in [-0.1, -0.05) is 13.8 Å². The SMILES string of the molecule is CC(C)[C@H](N)C(=O)N1CCC[C@H]1C(=O)N[C@@H](C)C(=O)NCC(=O)N1CCC[C@H]1C(=O)O. The summed E-state index contributed by atoms with van der Waals surface area (Å²) in [7, 11) is 0. The van der Waals surface area contributed by atoms with Crippen molar-refractivity contribution < 1.29 is 29.1 Å². The number of nitrogens with one attached hydrogen (secondary N) is 2. The van der Waals surface area contributed by atoms with Gasteiger partial charge in [-0.2, -0.15) is 0 Å². The first-order chi connectivity index (χ1) is 14.5. The van der Waals surface area contributed by atoms with Crippen molar-refractivity contribution in [3.05, 3.63) is 0 Å². The molecule has 2 aliphatic rings. The minimum absolute atomic E-state index is 0.0598. The molecule has 0 radical (unpaired) electrons. The molecular weight excluding hydrogens is 406 g/mol. The molecule has 2 rings (SSSR count). The highest BCUT2D eigenvalue weighted by Gasteiger charge is 2.38. The lowest BCUT2D eigenvalue weighted by Crippen LogP contribution is -2.55. The highest BCUT2D eigenvalue weighted by atomic mass is 16.4. The Morgan fingerprint density at radius 2 is 1.58 bits per heavy atom. The molecule has 0 spiro atoms. The monoisotopic (exact) mass is 439 g/mol. The van der Waals surface area contributed by atoms with E-state index in [1.54, 1.807) is 0 Å². The second kappa shape index (κ2) is 10.6. The van der Waals surface area contributed by atoms with Gasteiger partial charge < -0.3 is 31.3 Å². The molecule has 11 nitrogen and oxygen atoms in total. The average Bonchev–Trinajstić information content (AvgIpc) is 3.39. The topological polar surface area (TPSA) is 162 Å². The summed E-state index contributed by atoms with van der Waals surface area (Å²) < 4.78 is 0. The van der Waals surface area contributed by atoms with Crippen LogP contribution in [0.5, 0.6) is 0 Å². The molecule has 174 valence electrons. The van der Waals surface area contributed by atoms with E-state index in [1.807, 2.05) is 13.8 Å². The maximum Gasteiger partial charge on any atom is 0.326 e. The summed E-state index contributed by atoms with van der Waals surface area (Å²) in [5.74, 6) is -2.90. The van der Waals surface area contributed by atoms with Gasteiger partial charge in [0.05, 0.1) is 12.6 Å². The third-order valence-corrected chi connectivity index (χ3v) is 5.87. The Bertz CT molecular complexity index is 727. The number of nitrogens with two attached hydrogens (primary N) is 1. The van der Waals surface area contributed by atoms with Gasteiger partial charge in [0.15, 0.2) is 0 Å². The molecular formula is C20H33N5O6. The summed E-state index contributed by atoms with van der Waals surface area (Å²) in [5, 5.41) is 14.2. The van der Waals surface area contributed by atoms with Gasteiger partial charge >= 0.3 is 5.97 Å². The van der Waals surface area contributed by atoms with Crippen molar-refractivity contribution in [2.45, 2.75) is 70.6 Å². The first-order valence-corrected chi connectivity index (χ1v) is 10.7. The Labute approximate surface area is 181 Å². The van der Waals surface area contributed by atoms with Gasteiger partial charge in [0.1, 0.15) is 18.1 Å². The number of carboxylic acids is 1. The maximum atomic E-state index is 12.7. The number of carbonyl (C=O) groups excluding carboxylic acids is 4. The fraction of sp³-hybridized carbons (Fsp3) is 0.750. The van der Waals surface area contributed by atoms with Crippen molar-refractivity contribution in [3.63, 3.8) is 0 Å². The Hall–Kier alpha value is -2.69. The summed E-state index contributed by atoms with van der Waals surface area (Å²) >= 11 is 0. The van der Waals surface area contributed by atoms with Crippen molar-refractivity contribution in [3.8, 4) is 0 Å². The van der Waals surface area contributed by atoms with Crippen molar-refractivity contribution in [1.82, 2.24) is 20.4 Å². The Morgan fingerprint density at radius 3 is 2.16 bits per heavy atom. The van der Waals surface area contributed by atoms with Crippen LogP contribution in [0, 0.1) is 5.92 Å². The minimum Gasteiger partial charge on any atom is -0.480 e. The summed E-state index contributed by atoms with van der Waals surface area (Å²) in [4.78, 5) is 63.7. The van der Waals surface area contributed by atoms with Gasteiger partial charge in [-0.25, -0.2) is 4.79 Å². The van der Waals surface area contributed by atoms with Crippen LogP contribution in [0.2, 0.25) is 0 Å². The fourth-order valence-electron chi connectivity index (χ4n) is 3.89. The predicted octanol–water partition coefficient (Wildman–Crippen LogP) is -1.34. The summed E-state index contributed by atoms with van der Waals surface area (Å²) in [6.45, 7) is 5.58. The van der Waals surface area contributed by atoms with Gasteiger partial charge in [-0.3, -0.25) is 19.2 Å². The Kier molecular flexibility index (Phi) is 8.37. The molecule has 0 aliphatic carbocycles. The number of hydrogen-bond donors (Lipinski definition) is 4. The number of nitrogens with zero attached hydrogens (tertiary/aromatic N) is 2. The number of rotatable bonds is 8. The first kappa shape index (κ1) is 24.6. The molecule has 4 atom stereocenters. The number of carbonyl (C=O) groups is 5. The molecule has 5 N–H and O–H groups in total. The van der Waals surface area contributed by atoms with E-state index < -0.39 is 47.9 Å². The number of aliphatic carboxylic acids is 1. The van der Waals surface area contributed by atoms with Crippen LogP contribution in [-0.2, 0) is 24.0 Å². The second-order valence-electron chi connectivity index (χ2n) is 8.49. The standard InChI is InChI=1S/C20H33N5O6/c1-11(2)16(21)19(29)25-9-4-6-13(25)18(28)23-12(3)17(27)22-10-15(26)24-8-5-7-14(24)20(30)31/h11-14,16H,4-10,21H2,1-3H3,(H,22,27)(H,23,28)(H,30,31)/t12-,13-,14-,16-/m0/s1. The van der Waals surface area contributed by atoms with Crippen molar-refractivity contribution in [1.29, 1.82) is 0 Å². The van der Waals surface area contributed by atoms with Crippen LogP contribution in [0.4, 0.5) is 0 Å². The zero-order valence-corrected chi connectivity index (χ0v) is 18.3. The zero-order chi connectivity index (χ0) is 23.3. The minimum atomic E-state index is -1.06. The van der Waals surface area contributed by atoms with Crippen LogP contribution >= 0.6 is 0 Å². The highest BCUT2D eigenvalue weighted by molar-refractivity contribution is 5.94. The molecule has 2 fully saturated rings. The second-order valence-corrected chi connectivity index (χ2v) is 8.49. The smallest absolute Gasteiger partial charge is 0.326 e. The van der Waals surface area contributed by atoms with Crippen molar-refractivity contribution >= 4 is 29.6 Å². The van der Waals surface area contributed by atoms with Crippen LogP contribution < -0.4 is 16.4 Å². The van der Waals surface area contributed by atoms with E-state index in [9.17, 15) is 24.0 Å². The third kappa shape index (κ3) is 5.93. The summed E-state index contributed by atoms with van der Waals surface area (Å²) in [5.41, 5.74) is 5.94. The number of carboxylic acid groups (broad SMARTS) is 1.